The number of hydrogen-bond donors (Lipinski definition) is 2. The smallest absolute Gasteiger partial charge is 0.335 e. The van der Waals surface area contributed by atoms with Gasteiger partial charge < -0.3 is 19.3 Å². The SMILES string of the molecule is Cc1cccc2c1-c1c(C3CCCCC3)c3ccc(C(=O)O)cc3n1C[C@@H](N(C)CCCN(C)CCS(=O)(=O)NCc1ccccc1)CO2. The summed E-state index contributed by atoms with van der Waals surface area (Å²) >= 11 is 0. The maximum Gasteiger partial charge on any atom is 0.335 e. The van der Waals surface area contributed by atoms with Crippen molar-refractivity contribution >= 4 is 26.9 Å². The molecule has 49 heavy (non-hydrogen) atoms. The zero-order valence-electron chi connectivity index (χ0n) is 29.0. The topological polar surface area (TPSA) is 104 Å². The monoisotopic (exact) mass is 686 g/mol. The third-order valence-corrected chi connectivity index (χ3v) is 11.7. The van der Waals surface area contributed by atoms with Crippen molar-refractivity contribution in [3.63, 3.8) is 0 Å². The van der Waals surface area contributed by atoms with Crippen LogP contribution in [-0.2, 0) is 23.1 Å². The number of nitrogens with one attached hydrogen (secondary N) is 1. The molecule has 0 amide bonds. The lowest BCUT2D eigenvalue weighted by Crippen LogP contribution is -2.42. The fourth-order valence-corrected chi connectivity index (χ4v) is 8.66. The molecule has 2 aliphatic rings. The first kappa shape index (κ1) is 35.1. The van der Waals surface area contributed by atoms with Gasteiger partial charge in [0, 0.05) is 36.1 Å². The van der Waals surface area contributed by atoms with Crippen molar-refractivity contribution in [2.24, 2.45) is 0 Å². The van der Waals surface area contributed by atoms with Gasteiger partial charge in [0.1, 0.15) is 12.4 Å². The summed E-state index contributed by atoms with van der Waals surface area (Å²) in [5.41, 5.74) is 7.01. The van der Waals surface area contributed by atoms with Gasteiger partial charge in [-0.1, -0.05) is 67.8 Å². The van der Waals surface area contributed by atoms with E-state index in [9.17, 15) is 18.3 Å². The molecule has 2 N–H and O–H groups in total. The van der Waals surface area contributed by atoms with Crippen molar-refractivity contribution in [3.8, 4) is 17.0 Å². The third-order valence-electron chi connectivity index (χ3n) is 10.4. The van der Waals surface area contributed by atoms with Gasteiger partial charge in [-0.2, -0.15) is 0 Å². The summed E-state index contributed by atoms with van der Waals surface area (Å²) in [6.45, 7) is 5.64. The van der Waals surface area contributed by atoms with Gasteiger partial charge in [0.15, 0.2) is 0 Å². The van der Waals surface area contributed by atoms with Crippen LogP contribution in [0, 0.1) is 6.92 Å². The average Bonchev–Trinajstić information content (AvgIpc) is 3.40. The van der Waals surface area contributed by atoms with E-state index >= 15 is 0 Å². The highest BCUT2D eigenvalue weighted by Crippen LogP contribution is 2.48. The number of aromatic carboxylic acids is 1. The van der Waals surface area contributed by atoms with E-state index in [0.29, 0.717) is 37.7 Å². The number of aromatic nitrogens is 1. The van der Waals surface area contributed by atoms with Gasteiger partial charge in [0.2, 0.25) is 10.0 Å². The van der Waals surface area contributed by atoms with Gasteiger partial charge in [-0.05, 0) is 94.2 Å². The number of sulfonamides is 1. The van der Waals surface area contributed by atoms with E-state index in [4.69, 9.17) is 4.74 Å². The van der Waals surface area contributed by atoms with Crippen LogP contribution in [0.2, 0.25) is 0 Å². The number of carboxylic acid groups (broad SMARTS) is 1. The Morgan fingerprint density at radius 3 is 2.51 bits per heavy atom. The number of ether oxygens (including phenoxy) is 1. The predicted molar refractivity (Wildman–Crippen MR) is 196 cm³/mol. The Labute approximate surface area is 290 Å². The van der Waals surface area contributed by atoms with Crippen molar-refractivity contribution in [2.45, 2.75) is 70.5 Å². The summed E-state index contributed by atoms with van der Waals surface area (Å²) in [6, 6.07) is 21.5. The lowest BCUT2D eigenvalue weighted by Gasteiger charge is -2.33. The average molecular weight is 687 g/mol. The van der Waals surface area contributed by atoms with Crippen LogP contribution < -0.4 is 9.46 Å². The van der Waals surface area contributed by atoms with Crippen molar-refractivity contribution in [3.05, 3.63) is 89.0 Å². The molecule has 10 heteroatoms. The molecular weight excluding hydrogens is 637 g/mol. The maximum atomic E-state index is 12.6. The normalized spacial score (nSPS) is 17.0. The predicted octanol–water partition coefficient (Wildman–Crippen LogP) is 6.50. The molecule has 3 aromatic carbocycles. The Morgan fingerprint density at radius 2 is 1.76 bits per heavy atom. The Morgan fingerprint density at radius 1 is 0.980 bits per heavy atom. The fraction of sp³-hybridized carbons (Fsp3) is 0.462. The van der Waals surface area contributed by atoms with Gasteiger partial charge in [0.25, 0.3) is 0 Å². The molecule has 0 spiro atoms. The Hall–Kier alpha value is -3.70. The number of likely N-dealkylation sites (N-methyl/N-ethyl adjacent to an activating group) is 1. The van der Waals surface area contributed by atoms with Crippen molar-refractivity contribution < 1.29 is 23.1 Å². The lowest BCUT2D eigenvalue weighted by molar-refractivity contribution is 0.0697. The standard InChI is InChI=1S/C39H50N4O5S/c1-28-12-10-17-35-36(28)38-37(30-15-8-5-9-16-30)33-19-18-31(39(44)45)24-34(33)43(38)26-32(27-48-35)42(3)21-11-20-41(2)22-23-49(46,47)40-25-29-13-6-4-7-14-29/h4,6-7,10,12-14,17-19,24,30,32,40H,5,8-9,11,15-16,20-23,25-27H2,1-3H3,(H,44,45)/t32-/m1/s1. The number of benzene rings is 3. The molecule has 0 unspecified atom stereocenters. The van der Waals surface area contributed by atoms with E-state index in [2.05, 4.69) is 51.3 Å². The fourth-order valence-electron chi connectivity index (χ4n) is 7.58. The molecule has 6 rings (SSSR count). The number of rotatable bonds is 13. The highest BCUT2D eigenvalue weighted by atomic mass is 32.2. The summed E-state index contributed by atoms with van der Waals surface area (Å²) in [6.07, 6.45) is 6.81. The molecule has 1 fully saturated rings. The molecule has 4 aromatic rings. The highest BCUT2D eigenvalue weighted by Gasteiger charge is 2.32. The second-order valence-electron chi connectivity index (χ2n) is 13.9. The molecule has 0 bridgehead atoms. The Kier molecular flexibility index (Phi) is 11.1. The summed E-state index contributed by atoms with van der Waals surface area (Å²) in [5.74, 6) is 0.422. The third kappa shape index (κ3) is 8.20. The van der Waals surface area contributed by atoms with Gasteiger partial charge in [-0.25, -0.2) is 17.9 Å². The van der Waals surface area contributed by atoms with E-state index in [-0.39, 0.29) is 11.8 Å². The van der Waals surface area contributed by atoms with Crippen LogP contribution in [0.15, 0.2) is 66.7 Å². The molecule has 0 saturated heterocycles. The highest BCUT2D eigenvalue weighted by molar-refractivity contribution is 7.89. The quantitative estimate of drug-likeness (QED) is 0.166. The van der Waals surface area contributed by atoms with E-state index in [1.807, 2.05) is 49.5 Å². The zero-order chi connectivity index (χ0) is 34.5. The number of nitrogens with zero attached hydrogens (tertiary/aromatic N) is 3. The number of carboxylic acids is 1. The second kappa shape index (κ2) is 15.5. The van der Waals surface area contributed by atoms with Gasteiger partial charge >= 0.3 is 5.97 Å². The molecule has 0 radical (unpaired) electrons. The first-order valence-corrected chi connectivity index (χ1v) is 19.3. The first-order valence-electron chi connectivity index (χ1n) is 17.6. The van der Waals surface area contributed by atoms with Gasteiger partial charge in [0.05, 0.1) is 23.1 Å². The number of carbonyl (C=O) groups is 1. The molecule has 1 aliphatic heterocycles. The minimum Gasteiger partial charge on any atom is -0.491 e. The first-order chi connectivity index (χ1) is 23.6. The number of hydrogen-bond acceptors (Lipinski definition) is 6. The zero-order valence-corrected chi connectivity index (χ0v) is 29.8. The van der Waals surface area contributed by atoms with E-state index in [1.54, 1.807) is 6.07 Å². The van der Waals surface area contributed by atoms with Crippen LogP contribution in [0.25, 0.3) is 22.2 Å². The van der Waals surface area contributed by atoms with E-state index < -0.39 is 16.0 Å². The van der Waals surface area contributed by atoms with Crippen molar-refractivity contribution in [1.29, 1.82) is 0 Å². The summed E-state index contributed by atoms with van der Waals surface area (Å²) in [7, 11) is 0.706. The minimum atomic E-state index is -3.39. The molecular formula is C39H50N4O5S. The lowest BCUT2D eigenvalue weighted by atomic mass is 9.81. The van der Waals surface area contributed by atoms with E-state index in [1.165, 1.54) is 30.5 Å². The van der Waals surface area contributed by atoms with Crippen LogP contribution in [0.4, 0.5) is 0 Å². The molecule has 9 nitrogen and oxygen atoms in total. The maximum absolute atomic E-state index is 12.6. The van der Waals surface area contributed by atoms with Crippen LogP contribution in [0.5, 0.6) is 5.75 Å². The molecule has 2 heterocycles. The largest absolute Gasteiger partial charge is 0.491 e. The van der Waals surface area contributed by atoms with Crippen LogP contribution in [0.3, 0.4) is 0 Å². The summed E-state index contributed by atoms with van der Waals surface area (Å²) < 4.78 is 37.0. The summed E-state index contributed by atoms with van der Waals surface area (Å²) in [4.78, 5) is 16.6. The van der Waals surface area contributed by atoms with Crippen LogP contribution >= 0.6 is 0 Å². The summed E-state index contributed by atoms with van der Waals surface area (Å²) in [5, 5.41) is 11.1. The van der Waals surface area contributed by atoms with E-state index in [0.717, 1.165) is 65.7 Å². The Balaban J connectivity index is 1.19. The van der Waals surface area contributed by atoms with Crippen molar-refractivity contribution in [2.75, 3.05) is 46.1 Å². The number of fused-ring (bicyclic) bond motifs is 5. The molecule has 1 aliphatic carbocycles. The van der Waals surface area contributed by atoms with Crippen molar-refractivity contribution in [1.82, 2.24) is 19.1 Å². The molecule has 262 valence electrons. The van der Waals surface area contributed by atoms with Gasteiger partial charge in [-0.15, -0.1) is 0 Å². The molecule has 1 atom stereocenters. The number of aryl methyl sites for hydroxylation is 1. The van der Waals surface area contributed by atoms with Crippen LogP contribution in [-0.4, -0.2) is 86.0 Å². The minimum absolute atomic E-state index is 0.0450. The van der Waals surface area contributed by atoms with Crippen LogP contribution in [0.1, 0.15) is 71.5 Å². The van der Waals surface area contributed by atoms with Gasteiger partial charge in [-0.3, -0.25) is 4.90 Å². The molecule has 1 aromatic heterocycles. The second-order valence-corrected chi connectivity index (χ2v) is 15.8. The Bertz CT molecular complexity index is 1870. The molecule has 1 saturated carbocycles.